The Labute approximate surface area is 118 Å². The normalized spacial score (nSPS) is 18.9. The maximum absolute atomic E-state index is 12.7. The van der Waals surface area contributed by atoms with Gasteiger partial charge in [-0.25, -0.2) is 4.79 Å². The highest BCUT2D eigenvalue weighted by Crippen LogP contribution is 2.21. The van der Waals surface area contributed by atoms with Crippen LogP contribution >= 0.6 is 0 Å². The van der Waals surface area contributed by atoms with Crippen LogP contribution < -0.4 is 0 Å². The van der Waals surface area contributed by atoms with Crippen LogP contribution in [-0.2, 0) is 16.1 Å². The van der Waals surface area contributed by atoms with Crippen LogP contribution in [0.15, 0.2) is 6.07 Å². The van der Waals surface area contributed by atoms with E-state index < -0.39 is 6.04 Å². The number of rotatable bonds is 3. The smallest absolute Gasteiger partial charge is 0.328 e. The van der Waals surface area contributed by atoms with Gasteiger partial charge in [-0.1, -0.05) is 0 Å². The van der Waals surface area contributed by atoms with Crippen molar-refractivity contribution in [2.24, 2.45) is 0 Å². The predicted molar refractivity (Wildman–Crippen MR) is 73.3 cm³/mol. The van der Waals surface area contributed by atoms with E-state index in [0.29, 0.717) is 25.2 Å². The molecule has 0 unspecified atom stereocenters. The number of hydrogen-bond donors (Lipinski definition) is 0. The van der Waals surface area contributed by atoms with Crippen molar-refractivity contribution in [1.29, 1.82) is 0 Å². The van der Waals surface area contributed by atoms with E-state index in [1.165, 1.54) is 7.11 Å². The first-order valence-electron chi connectivity index (χ1n) is 7.01. The highest BCUT2D eigenvalue weighted by molar-refractivity contribution is 5.95. The molecule has 1 aromatic heterocycles. The summed E-state index contributed by atoms with van der Waals surface area (Å²) in [7, 11) is 1.36. The van der Waals surface area contributed by atoms with Crippen LogP contribution in [0.4, 0.5) is 0 Å². The van der Waals surface area contributed by atoms with Crippen LogP contribution in [0, 0.1) is 6.92 Å². The summed E-state index contributed by atoms with van der Waals surface area (Å²) in [5, 5.41) is 4.29. The highest BCUT2D eigenvalue weighted by atomic mass is 16.5. The van der Waals surface area contributed by atoms with Gasteiger partial charge in [0.2, 0.25) is 0 Å². The molecule has 1 aromatic rings. The molecule has 6 heteroatoms. The molecule has 20 heavy (non-hydrogen) atoms. The average molecular weight is 279 g/mol. The van der Waals surface area contributed by atoms with Gasteiger partial charge in [0.1, 0.15) is 11.7 Å². The number of esters is 1. The van der Waals surface area contributed by atoms with E-state index in [1.807, 2.05) is 13.8 Å². The van der Waals surface area contributed by atoms with Crippen molar-refractivity contribution in [2.75, 3.05) is 13.7 Å². The molecule has 0 aromatic carbocycles. The van der Waals surface area contributed by atoms with Crippen molar-refractivity contribution in [3.8, 4) is 0 Å². The fraction of sp³-hybridized carbons (Fsp3) is 0.643. The molecule has 0 N–H and O–H groups in total. The van der Waals surface area contributed by atoms with Gasteiger partial charge in [-0.3, -0.25) is 9.48 Å². The molecule has 0 aliphatic carbocycles. The third kappa shape index (κ3) is 2.69. The van der Waals surface area contributed by atoms with E-state index in [0.717, 1.165) is 18.5 Å². The molecule has 0 bridgehead atoms. The molecule has 1 amide bonds. The molecule has 0 spiro atoms. The monoisotopic (exact) mass is 279 g/mol. The number of aryl methyl sites for hydroxylation is 2. The molecule has 2 heterocycles. The minimum Gasteiger partial charge on any atom is -0.467 e. The van der Waals surface area contributed by atoms with Gasteiger partial charge in [0.05, 0.1) is 12.8 Å². The number of ether oxygens (including phenoxy) is 1. The minimum atomic E-state index is -0.471. The van der Waals surface area contributed by atoms with Crippen molar-refractivity contribution < 1.29 is 14.3 Å². The first kappa shape index (κ1) is 14.6. The third-order valence-corrected chi connectivity index (χ3v) is 3.66. The van der Waals surface area contributed by atoms with E-state index in [-0.39, 0.29) is 11.9 Å². The van der Waals surface area contributed by atoms with Crippen LogP contribution in [0.1, 0.15) is 42.4 Å². The van der Waals surface area contributed by atoms with Gasteiger partial charge in [0.25, 0.3) is 5.91 Å². The van der Waals surface area contributed by atoms with Crippen LogP contribution in [0.25, 0.3) is 0 Å². The summed E-state index contributed by atoms with van der Waals surface area (Å²) >= 11 is 0. The molecule has 1 aliphatic heterocycles. The Kier molecular flexibility index (Phi) is 4.42. The number of hydrogen-bond acceptors (Lipinski definition) is 4. The summed E-state index contributed by atoms with van der Waals surface area (Å²) in [6.45, 7) is 5.02. The molecule has 2 rings (SSSR count). The maximum atomic E-state index is 12.7. The molecule has 0 saturated carbocycles. The summed E-state index contributed by atoms with van der Waals surface area (Å²) in [5.41, 5.74) is 1.35. The van der Waals surface area contributed by atoms with E-state index >= 15 is 0 Å². The standard InChI is InChI=1S/C14H21N3O3/c1-4-17-12(9-10(2)15-17)13(18)16-8-6-5-7-11(16)14(19)20-3/h9,11H,4-8H2,1-3H3/t11-/m1/s1. The fourth-order valence-electron chi connectivity index (χ4n) is 2.66. The van der Waals surface area contributed by atoms with Crippen LogP contribution in [0.2, 0.25) is 0 Å². The lowest BCUT2D eigenvalue weighted by molar-refractivity contribution is -0.147. The zero-order valence-corrected chi connectivity index (χ0v) is 12.3. The molecule has 1 saturated heterocycles. The van der Waals surface area contributed by atoms with Crippen molar-refractivity contribution in [1.82, 2.24) is 14.7 Å². The average Bonchev–Trinajstić information content (AvgIpc) is 2.86. The van der Waals surface area contributed by atoms with E-state index in [2.05, 4.69) is 5.10 Å². The van der Waals surface area contributed by atoms with Gasteiger partial charge >= 0.3 is 5.97 Å². The summed E-state index contributed by atoms with van der Waals surface area (Å²) < 4.78 is 6.49. The first-order chi connectivity index (χ1) is 9.58. The van der Waals surface area contributed by atoms with Gasteiger partial charge in [-0.2, -0.15) is 5.10 Å². The van der Waals surface area contributed by atoms with Crippen molar-refractivity contribution in [3.63, 3.8) is 0 Å². The molecule has 1 atom stereocenters. The first-order valence-corrected chi connectivity index (χ1v) is 7.01. The number of carbonyl (C=O) groups excluding carboxylic acids is 2. The van der Waals surface area contributed by atoms with Gasteiger partial charge in [0.15, 0.2) is 0 Å². The molecule has 6 nitrogen and oxygen atoms in total. The van der Waals surface area contributed by atoms with Crippen LogP contribution in [0.3, 0.4) is 0 Å². The second kappa shape index (κ2) is 6.07. The predicted octanol–water partition coefficient (Wildman–Crippen LogP) is 1.38. The van der Waals surface area contributed by atoms with E-state index in [1.54, 1.807) is 15.6 Å². The molecular weight excluding hydrogens is 258 g/mol. The van der Waals surface area contributed by atoms with E-state index in [4.69, 9.17) is 4.74 Å². The molecule has 1 aliphatic rings. The Balaban J connectivity index is 2.27. The zero-order chi connectivity index (χ0) is 14.7. The Hall–Kier alpha value is -1.85. The SMILES string of the molecule is CCn1nc(C)cc1C(=O)N1CCCC[C@@H]1C(=O)OC. The Morgan fingerprint density at radius 2 is 2.20 bits per heavy atom. The van der Waals surface area contributed by atoms with Crippen molar-refractivity contribution in [3.05, 3.63) is 17.5 Å². The maximum Gasteiger partial charge on any atom is 0.328 e. The Morgan fingerprint density at radius 3 is 2.85 bits per heavy atom. The largest absolute Gasteiger partial charge is 0.467 e. The number of piperidine rings is 1. The second-order valence-electron chi connectivity index (χ2n) is 5.02. The Bertz CT molecular complexity index is 510. The minimum absolute atomic E-state index is 0.137. The highest BCUT2D eigenvalue weighted by Gasteiger charge is 2.34. The second-order valence-corrected chi connectivity index (χ2v) is 5.02. The van der Waals surface area contributed by atoms with E-state index in [9.17, 15) is 9.59 Å². The summed E-state index contributed by atoms with van der Waals surface area (Å²) in [5.74, 6) is -0.472. The zero-order valence-electron chi connectivity index (χ0n) is 12.3. The molecule has 1 fully saturated rings. The number of carbonyl (C=O) groups is 2. The number of methoxy groups -OCH3 is 1. The van der Waals surface area contributed by atoms with Crippen LogP contribution in [0.5, 0.6) is 0 Å². The summed E-state index contributed by atoms with van der Waals surface area (Å²) in [4.78, 5) is 26.1. The van der Waals surface area contributed by atoms with Crippen molar-refractivity contribution in [2.45, 2.75) is 45.7 Å². The third-order valence-electron chi connectivity index (χ3n) is 3.66. The lowest BCUT2D eigenvalue weighted by atomic mass is 10.0. The molecule has 0 radical (unpaired) electrons. The quantitative estimate of drug-likeness (QED) is 0.784. The van der Waals surface area contributed by atoms with Gasteiger partial charge in [-0.15, -0.1) is 0 Å². The summed E-state index contributed by atoms with van der Waals surface area (Å²) in [6.07, 6.45) is 2.52. The molecule has 110 valence electrons. The number of likely N-dealkylation sites (tertiary alicyclic amines) is 1. The van der Waals surface area contributed by atoms with Gasteiger partial charge < -0.3 is 9.64 Å². The number of nitrogens with zero attached hydrogens (tertiary/aromatic N) is 3. The lowest BCUT2D eigenvalue weighted by Gasteiger charge is -2.33. The fourth-order valence-corrected chi connectivity index (χ4v) is 2.66. The lowest BCUT2D eigenvalue weighted by Crippen LogP contribution is -2.48. The topological polar surface area (TPSA) is 64.4 Å². The van der Waals surface area contributed by atoms with Gasteiger partial charge in [-0.05, 0) is 39.2 Å². The molecular formula is C14H21N3O3. The number of aromatic nitrogens is 2. The Morgan fingerprint density at radius 1 is 1.45 bits per heavy atom. The van der Waals surface area contributed by atoms with Crippen molar-refractivity contribution >= 4 is 11.9 Å². The number of amides is 1. The van der Waals surface area contributed by atoms with Crippen LogP contribution in [-0.4, -0.2) is 46.3 Å². The summed E-state index contributed by atoms with van der Waals surface area (Å²) in [6, 6.07) is 1.30. The van der Waals surface area contributed by atoms with Gasteiger partial charge in [0, 0.05) is 13.1 Å².